The third-order valence-electron chi connectivity index (χ3n) is 6.04. The van der Waals surface area contributed by atoms with Gasteiger partial charge in [0.2, 0.25) is 18.6 Å². The molecule has 0 saturated carbocycles. The number of rotatable bonds is 8. The number of hydrogen-bond donors (Lipinski definition) is 1. The SMILES string of the molecule is COc1ccccc1N1CCN(C(=O)CC(C)CC(=O)NCc2ccc3c(c2)OCO3)CC1. The maximum atomic E-state index is 12.8. The van der Waals surface area contributed by atoms with Crippen LogP contribution >= 0.6 is 0 Å². The van der Waals surface area contributed by atoms with Crippen LogP contribution in [0.25, 0.3) is 0 Å². The van der Waals surface area contributed by atoms with E-state index in [1.807, 2.05) is 54.3 Å². The molecule has 1 atom stereocenters. The molecule has 2 aliphatic rings. The van der Waals surface area contributed by atoms with Gasteiger partial charge in [0.25, 0.3) is 0 Å². The monoisotopic (exact) mass is 453 g/mol. The van der Waals surface area contributed by atoms with E-state index in [1.165, 1.54) is 0 Å². The highest BCUT2D eigenvalue weighted by molar-refractivity contribution is 5.79. The zero-order chi connectivity index (χ0) is 23.2. The van der Waals surface area contributed by atoms with Crippen molar-refractivity contribution in [2.45, 2.75) is 26.3 Å². The number of methoxy groups -OCH3 is 1. The minimum absolute atomic E-state index is 0.0264. The first kappa shape index (κ1) is 22.8. The normalized spacial score (nSPS) is 15.8. The summed E-state index contributed by atoms with van der Waals surface area (Å²) in [5.41, 5.74) is 2.00. The van der Waals surface area contributed by atoms with E-state index < -0.39 is 0 Å². The van der Waals surface area contributed by atoms with Gasteiger partial charge >= 0.3 is 0 Å². The van der Waals surface area contributed by atoms with E-state index >= 15 is 0 Å². The topological polar surface area (TPSA) is 80.3 Å². The summed E-state index contributed by atoms with van der Waals surface area (Å²) in [6, 6.07) is 13.6. The molecule has 0 spiro atoms. The Morgan fingerprint density at radius 3 is 2.58 bits per heavy atom. The molecular weight excluding hydrogens is 422 g/mol. The van der Waals surface area contributed by atoms with Crippen molar-refractivity contribution in [2.24, 2.45) is 5.92 Å². The third-order valence-corrected chi connectivity index (χ3v) is 6.04. The molecule has 1 fully saturated rings. The van der Waals surface area contributed by atoms with Crippen LogP contribution in [0, 0.1) is 5.92 Å². The molecule has 2 aromatic carbocycles. The van der Waals surface area contributed by atoms with Crippen molar-refractivity contribution in [1.29, 1.82) is 0 Å². The molecule has 8 heteroatoms. The Bertz CT molecular complexity index is 988. The molecule has 0 bridgehead atoms. The summed E-state index contributed by atoms with van der Waals surface area (Å²) in [5, 5.41) is 2.93. The van der Waals surface area contributed by atoms with E-state index in [2.05, 4.69) is 10.2 Å². The van der Waals surface area contributed by atoms with Crippen LogP contribution in [0.1, 0.15) is 25.3 Å². The lowest BCUT2D eigenvalue weighted by Crippen LogP contribution is -2.49. The predicted molar refractivity (Wildman–Crippen MR) is 125 cm³/mol. The van der Waals surface area contributed by atoms with Crippen molar-refractivity contribution in [3.63, 3.8) is 0 Å². The molecule has 2 aliphatic heterocycles. The number of fused-ring (bicyclic) bond motifs is 1. The lowest BCUT2D eigenvalue weighted by molar-refractivity contribution is -0.132. The van der Waals surface area contributed by atoms with Crippen LogP contribution in [0.4, 0.5) is 5.69 Å². The van der Waals surface area contributed by atoms with Gasteiger partial charge in [0.1, 0.15) is 5.75 Å². The van der Waals surface area contributed by atoms with E-state index in [0.717, 1.165) is 35.8 Å². The number of amides is 2. The van der Waals surface area contributed by atoms with Crippen molar-refractivity contribution < 1.29 is 23.8 Å². The molecule has 1 unspecified atom stereocenters. The Balaban J connectivity index is 1.19. The van der Waals surface area contributed by atoms with Gasteiger partial charge in [-0.1, -0.05) is 25.1 Å². The molecule has 2 heterocycles. The average molecular weight is 454 g/mol. The fraction of sp³-hybridized carbons (Fsp3) is 0.440. The van der Waals surface area contributed by atoms with E-state index in [0.29, 0.717) is 38.2 Å². The molecule has 2 amide bonds. The number of para-hydroxylation sites is 2. The highest BCUT2D eigenvalue weighted by atomic mass is 16.7. The maximum Gasteiger partial charge on any atom is 0.231 e. The van der Waals surface area contributed by atoms with Crippen molar-refractivity contribution in [3.8, 4) is 17.2 Å². The number of carbonyl (C=O) groups is 2. The second kappa shape index (κ2) is 10.5. The lowest BCUT2D eigenvalue weighted by atomic mass is 10.0. The smallest absolute Gasteiger partial charge is 0.231 e. The van der Waals surface area contributed by atoms with Gasteiger partial charge in [-0.25, -0.2) is 0 Å². The molecule has 1 N–H and O–H groups in total. The van der Waals surface area contributed by atoms with E-state index in [-0.39, 0.29) is 24.5 Å². The Morgan fingerprint density at radius 1 is 1.03 bits per heavy atom. The fourth-order valence-electron chi connectivity index (χ4n) is 4.23. The lowest BCUT2D eigenvalue weighted by Gasteiger charge is -2.37. The number of benzene rings is 2. The average Bonchev–Trinajstić information content (AvgIpc) is 3.30. The molecule has 0 radical (unpaired) electrons. The molecular formula is C25H31N3O5. The number of carbonyl (C=O) groups excluding carboxylic acids is 2. The van der Waals surface area contributed by atoms with Crippen LogP contribution in [0.15, 0.2) is 42.5 Å². The molecule has 8 nitrogen and oxygen atoms in total. The summed E-state index contributed by atoms with van der Waals surface area (Å²) in [5.74, 6) is 2.28. The van der Waals surface area contributed by atoms with Gasteiger partial charge in [-0.3, -0.25) is 9.59 Å². The number of ether oxygens (including phenoxy) is 3. The Kier molecular flexibility index (Phi) is 7.22. The van der Waals surface area contributed by atoms with Gasteiger partial charge in [-0.05, 0) is 35.7 Å². The standard InChI is InChI=1S/C25H31N3O5/c1-18(13-24(29)26-16-19-7-8-22-23(15-19)33-17-32-22)14-25(30)28-11-9-27(10-12-28)20-5-3-4-6-21(20)31-2/h3-8,15,18H,9-14,16-17H2,1-2H3,(H,26,29). The zero-order valence-corrected chi connectivity index (χ0v) is 19.2. The molecule has 33 heavy (non-hydrogen) atoms. The number of nitrogens with zero attached hydrogens (tertiary/aromatic N) is 2. The number of piperazine rings is 1. The summed E-state index contributed by atoms with van der Waals surface area (Å²) in [6.07, 6.45) is 0.684. The molecule has 4 rings (SSSR count). The second-order valence-corrected chi connectivity index (χ2v) is 8.52. The molecule has 0 aromatic heterocycles. The van der Waals surface area contributed by atoms with E-state index in [1.54, 1.807) is 7.11 Å². The molecule has 1 saturated heterocycles. The minimum atomic E-state index is -0.0611. The largest absolute Gasteiger partial charge is 0.495 e. The van der Waals surface area contributed by atoms with Crippen LogP contribution in [0.3, 0.4) is 0 Å². The first-order valence-corrected chi connectivity index (χ1v) is 11.3. The van der Waals surface area contributed by atoms with Crippen LogP contribution in [-0.4, -0.2) is 56.8 Å². The number of nitrogens with one attached hydrogen (secondary N) is 1. The van der Waals surface area contributed by atoms with Gasteiger partial charge in [0.05, 0.1) is 12.8 Å². The Hall–Kier alpha value is -3.42. The first-order valence-electron chi connectivity index (χ1n) is 11.3. The van der Waals surface area contributed by atoms with Gasteiger partial charge in [-0.15, -0.1) is 0 Å². The Labute approximate surface area is 194 Å². The first-order chi connectivity index (χ1) is 16.0. The molecule has 0 aliphatic carbocycles. The van der Waals surface area contributed by atoms with Crippen LogP contribution < -0.4 is 24.4 Å². The van der Waals surface area contributed by atoms with Crippen LogP contribution in [0.2, 0.25) is 0 Å². The van der Waals surface area contributed by atoms with Crippen molar-refractivity contribution >= 4 is 17.5 Å². The summed E-state index contributed by atoms with van der Waals surface area (Å²) >= 11 is 0. The second-order valence-electron chi connectivity index (χ2n) is 8.52. The van der Waals surface area contributed by atoms with Gasteiger partial charge in [0, 0.05) is 45.6 Å². The van der Waals surface area contributed by atoms with Crippen LogP contribution in [-0.2, 0) is 16.1 Å². The van der Waals surface area contributed by atoms with E-state index in [9.17, 15) is 9.59 Å². The van der Waals surface area contributed by atoms with E-state index in [4.69, 9.17) is 14.2 Å². The quantitative estimate of drug-likeness (QED) is 0.662. The van der Waals surface area contributed by atoms with Gasteiger partial charge < -0.3 is 29.3 Å². The highest BCUT2D eigenvalue weighted by Gasteiger charge is 2.24. The summed E-state index contributed by atoms with van der Waals surface area (Å²) in [7, 11) is 1.67. The summed E-state index contributed by atoms with van der Waals surface area (Å²) in [6.45, 7) is 5.45. The third kappa shape index (κ3) is 5.69. The number of hydrogen-bond acceptors (Lipinski definition) is 6. The minimum Gasteiger partial charge on any atom is -0.495 e. The summed E-state index contributed by atoms with van der Waals surface area (Å²) < 4.78 is 16.1. The number of anilines is 1. The van der Waals surface area contributed by atoms with Crippen LogP contribution in [0.5, 0.6) is 17.2 Å². The van der Waals surface area contributed by atoms with Crippen molar-refractivity contribution in [1.82, 2.24) is 10.2 Å². The Morgan fingerprint density at radius 2 is 1.79 bits per heavy atom. The van der Waals surface area contributed by atoms with Crippen molar-refractivity contribution in [2.75, 3.05) is 45.0 Å². The molecule has 176 valence electrons. The predicted octanol–water partition coefficient (Wildman–Crippen LogP) is 2.81. The fourth-order valence-corrected chi connectivity index (χ4v) is 4.23. The van der Waals surface area contributed by atoms with Gasteiger partial charge in [0.15, 0.2) is 11.5 Å². The maximum absolute atomic E-state index is 12.8. The molecule has 2 aromatic rings. The highest BCUT2D eigenvalue weighted by Crippen LogP contribution is 2.32. The zero-order valence-electron chi connectivity index (χ0n) is 19.2. The summed E-state index contributed by atoms with van der Waals surface area (Å²) in [4.78, 5) is 29.3. The van der Waals surface area contributed by atoms with Gasteiger partial charge in [-0.2, -0.15) is 0 Å². The van der Waals surface area contributed by atoms with Crippen molar-refractivity contribution in [3.05, 3.63) is 48.0 Å².